The number of hydrogen-bond donors (Lipinski definition) is 2. The van der Waals surface area contributed by atoms with Crippen molar-refractivity contribution in [2.45, 2.75) is 19.8 Å². The number of carboxylic acid groups (broad SMARTS) is 2. The molecule has 0 aromatic rings. The van der Waals surface area contributed by atoms with Crippen LogP contribution in [0, 0.1) is 0 Å². The lowest BCUT2D eigenvalue weighted by atomic mass is 10.2. The molecular formula is C9H15NO5. The molecule has 0 atom stereocenters. The Hall–Kier alpha value is -1.43. The lowest BCUT2D eigenvalue weighted by molar-refractivity contribution is -0.142. The third-order valence-corrected chi connectivity index (χ3v) is 1.65. The number of aliphatic carboxylic acids is 2. The lowest BCUT2D eigenvalue weighted by Crippen LogP contribution is -2.38. The number of rotatable bonds is 8. The molecule has 0 saturated carbocycles. The first-order chi connectivity index (χ1) is 6.95. The van der Waals surface area contributed by atoms with E-state index in [4.69, 9.17) is 10.2 Å². The summed E-state index contributed by atoms with van der Waals surface area (Å²) in [5.74, 6) is -2.42. The molecule has 0 fully saturated rings. The molecule has 6 nitrogen and oxygen atoms in total. The first kappa shape index (κ1) is 13.6. The van der Waals surface area contributed by atoms with Gasteiger partial charge in [-0.25, -0.2) is 0 Å². The molecule has 0 aliphatic carbocycles. The smallest absolute Gasteiger partial charge is 0.317 e. The fourth-order valence-electron chi connectivity index (χ4n) is 1.16. The van der Waals surface area contributed by atoms with Crippen molar-refractivity contribution in [2.75, 3.05) is 19.6 Å². The second-order valence-electron chi connectivity index (χ2n) is 3.22. The largest absolute Gasteiger partial charge is 0.480 e. The second kappa shape index (κ2) is 6.94. The Morgan fingerprint density at radius 2 is 1.47 bits per heavy atom. The van der Waals surface area contributed by atoms with E-state index in [9.17, 15) is 14.4 Å². The van der Waals surface area contributed by atoms with Crippen LogP contribution in [-0.4, -0.2) is 52.5 Å². The number of carboxylic acids is 2. The van der Waals surface area contributed by atoms with Gasteiger partial charge < -0.3 is 10.2 Å². The van der Waals surface area contributed by atoms with Gasteiger partial charge in [0.1, 0.15) is 5.78 Å². The Balaban J connectivity index is 4.16. The van der Waals surface area contributed by atoms with Gasteiger partial charge in [0.2, 0.25) is 0 Å². The van der Waals surface area contributed by atoms with E-state index >= 15 is 0 Å². The van der Waals surface area contributed by atoms with Gasteiger partial charge in [-0.05, 0) is 6.42 Å². The lowest BCUT2D eigenvalue weighted by Gasteiger charge is -2.16. The molecule has 0 aliphatic rings. The minimum Gasteiger partial charge on any atom is -0.480 e. The van der Waals surface area contributed by atoms with Gasteiger partial charge in [-0.2, -0.15) is 0 Å². The highest BCUT2D eigenvalue weighted by atomic mass is 16.4. The molecule has 0 unspecified atom stereocenters. The van der Waals surface area contributed by atoms with Crippen LogP contribution in [0.3, 0.4) is 0 Å². The van der Waals surface area contributed by atoms with E-state index < -0.39 is 25.0 Å². The first-order valence-electron chi connectivity index (χ1n) is 4.63. The zero-order valence-electron chi connectivity index (χ0n) is 8.60. The van der Waals surface area contributed by atoms with Crippen molar-refractivity contribution in [3.63, 3.8) is 0 Å². The van der Waals surface area contributed by atoms with Gasteiger partial charge in [0.05, 0.1) is 19.6 Å². The fourth-order valence-corrected chi connectivity index (χ4v) is 1.16. The van der Waals surface area contributed by atoms with Crippen LogP contribution in [0.4, 0.5) is 0 Å². The molecule has 0 spiro atoms. The average Bonchev–Trinajstić information content (AvgIpc) is 2.00. The predicted molar refractivity (Wildman–Crippen MR) is 51.6 cm³/mol. The van der Waals surface area contributed by atoms with Crippen molar-refractivity contribution in [1.29, 1.82) is 0 Å². The van der Waals surface area contributed by atoms with Crippen molar-refractivity contribution in [1.82, 2.24) is 4.90 Å². The van der Waals surface area contributed by atoms with Crippen LogP contribution in [-0.2, 0) is 14.4 Å². The average molecular weight is 217 g/mol. The zero-order chi connectivity index (χ0) is 11.8. The summed E-state index contributed by atoms with van der Waals surface area (Å²) in [6, 6.07) is 0. The summed E-state index contributed by atoms with van der Waals surface area (Å²) in [6.45, 7) is 0.854. The van der Waals surface area contributed by atoms with Crippen LogP contribution in [0.1, 0.15) is 19.8 Å². The SMILES string of the molecule is CCCC(=O)CN(CC(=O)O)CC(=O)O. The predicted octanol–water partition coefficient (Wildman–Crippen LogP) is -0.173. The quantitative estimate of drug-likeness (QED) is 0.586. The fraction of sp³-hybridized carbons (Fsp3) is 0.667. The summed E-state index contributed by atoms with van der Waals surface area (Å²) in [7, 11) is 0. The molecule has 0 saturated heterocycles. The van der Waals surface area contributed by atoms with Crippen LogP contribution < -0.4 is 0 Å². The molecule has 2 N–H and O–H groups in total. The van der Waals surface area contributed by atoms with E-state index in [1.165, 1.54) is 0 Å². The summed E-state index contributed by atoms with van der Waals surface area (Å²) in [5, 5.41) is 17.0. The minimum atomic E-state index is -1.14. The van der Waals surface area contributed by atoms with E-state index in [2.05, 4.69) is 0 Å². The number of carbonyl (C=O) groups is 3. The Bertz CT molecular complexity index is 235. The van der Waals surface area contributed by atoms with Crippen molar-refractivity contribution in [2.24, 2.45) is 0 Å². The molecule has 0 amide bonds. The van der Waals surface area contributed by atoms with E-state index in [0.717, 1.165) is 4.90 Å². The van der Waals surface area contributed by atoms with Gasteiger partial charge in [0.15, 0.2) is 0 Å². The molecule has 0 aromatic carbocycles. The van der Waals surface area contributed by atoms with Crippen LogP contribution in [0.2, 0.25) is 0 Å². The summed E-state index contributed by atoms with van der Waals surface area (Å²) >= 11 is 0. The van der Waals surface area contributed by atoms with E-state index in [1.54, 1.807) is 0 Å². The number of nitrogens with zero attached hydrogens (tertiary/aromatic N) is 1. The topological polar surface area (TPSA) is 94.9 Å². The van der Waals surface area contributed by atoms with Gasteiger partial charge in [-0.15, -0.1) is 0 Å². The number of ketones is 1. The van der Waals surface area contributed by atoms with Crippen LogP contribution in [0.25, 0.3) is 0 Å². The Kier molecular flexibility index (Phi) is 6.28. The van der Waals surface area contributed by atoms with Crippen molar-refractivity contribution in [3.8, 4) is 0 Å². The van der Waals surface area contributed by atoms with Gasteiger partial charge in [0.25, 0.3) is 0 Å². The number of hydrogen-bond acceptors (Lipinski definition) is 4. The molecule has 6 heteroatoms. The maximum Gasteiger partial charge on any atom is 0.317 e. The number of carbonyl (C=O) groups excluding carboxylic acids is 1. The minimum absolute atomic E-state index is 0.119. The highest BCUT2D eigenvalue weighted by Crippen LogP contribution is 1.95. The third-order valence-electron chi connectivity index (χ3n) is 1.65. The monoisotopic (exact) mass is 217 g/mol. The second-order valence-corrected chi connectivity index (χ2v) is 3.22. The van der Waals surface area contributed by atoms with Crippen molar-refractivity contribution >= 4 is 17.7 Å². The summed E-state index contributed by atoms with van der Waals surface area (Å²) in [4.78, 5) is 33.1. The van der Waals surface area contributed by atoms with E-state index in [1.807, 2.05) is 6.92 Å². The standard InChI is InChI=1S/C9H15NO5/c1-2-3-7(11)4-10(5-8(12)13)6-9(14)15/h2-6H2,1H3,(H,12,13)(H,14,15). The Labute approximate surface area is 87.5 Å². The van der Waals surface area contributed by atoms with E-state index in [0.29, 0.717) is 12.8 Å². The third kappa shape index (κ3) is 7.63. The zero-order valence-corrected chi connectivity index (χ0v) is 8.60. The molecule has 0 heterocycles. The molecule has 0 aliphatic heterocycles. The van der Waals surface area contributed by atoms with Crippen LogP contribution in [0.5, 0.6) is 0 Å². The van der Waals surface area contributed by atoms with Gasteiger partial charge >= 0.3 is 11.9 Å². The molecule has 0 bridgehead atoms. The molecule has 15 heavy (non-hydrogen) atoms. The van der Waals surface area contributed by atoms with Gasteiger partial charge in [-0.3, -0.25) is 19.3 Å². The molecule has 0 rings (SSSR count). The highest BCUT2D eigenvalue weighted by molar-refractivity contribution is 5.82. The summed E-state index contributed by atoms with van der Waals surface area (Å²) in [6.07, 6.45) is 1.02. The maximum atomic E-state index is 11.2. The molecule has 86 valence electrons. The van der Waals surface area contributed by atoms with Crippen LogP contribution in [0.15, 0.2) is 0 Å². The van der Waals surface area contributed by atoms with Crippen molar-refractivity contribution in [3.05, 3.63) is 0 Å². The Morgan fingerprint density at radius 1 is 1.00 bits per heavy atom. The molecule has 0 radical (unpaired) electrons. The number of Topliss-reactive ketones (excluding diaryl/α,β-unsaturated/α-hetero) is 1. The van der Waals surface area contributed by atoms with Gasteiger partial charge in [-0.1, -0.05) is 6.92 Å². The summed E-state index contributed by atoms with van der Waals surface area (Å²) in [5.41, 5.74) is 0. The Morgan fingerprint density at radius 3 is 1.80 bits per heavy atom. The highest BCUT2D eigenvalue weighted by Gasteiger charge is 2.16. The molecule has 0 aromatic heterocycles. The van der Waals surface area contributed by atoms with Crippen LogP contribution >= 0.6 is 0 Å². The normalized spacial score (nSPS) is 10.3. The maximum absolute atomic E-state index is 11.2. The van der Waals surface area contributed by atoms with Gasteiger partial charge in [0, 0.05) is 6.42 Å². The van der Waals surface area contributed by atoms with Crippen molar-refractivity contribution < 1.29 is 24.6 Å². The van der Waals surface area contributed by atoms with E-state index in [-0.39, 0.29) is 12.3 Å². The summed E-state index contributed by atoms with van der Waals surface area (Å²) < 4.78 is 0. The first-order valence-corrected chi connectivity index (χ1v) is 4.63. The molecular weight excluding hydrogens is 202 g/mol.